The average molecular weight is 469 g/mol. The lowest BCUT2D eigenvalue weighted by Gasteiger charge is -2.12. The molecule has 1 aromatic carbocycles. The lowest BCUT2D eigenvalue weighted by molar-refractivity contribution is 0.600. The van der Waals surface area contributed by atoms with Crippen molar-refractivity contribution < 1.29 is 12.8 Å². The van der Waals surface area contributed by atoms with Crippen LogP contribution in [-0.4, -0.2) is 33.2 Å². The molecule has 8 heteroatoms. The normalized spacial score (nSPS) is 20.2. The van der Waals surface area contributed by atoms with E-state index < -0.39 is 9.84 Å². The maximum atomic E-state index is 13.5. The maximum absolute atomic E-state index is 13.5. The van der Waals surface area contributed by atoms with E-state index in [1.54, 1.807) is 0 Å². The average Bonchev–Trinajstić information content (AvgIpc) is 3.13. The van der Waals surface area contributed by atoms with Crippen molar-refractivity contribution >= 4 is 39.8 Å². The summed E-state index contributed by atoms with van der Waals surface area (Å²) in [6.07, 6.45) is 2.28. The van der Waals surface area contributed by atoms with Crippen molar-refractivity contribution in [2.45, 2.75) is 38.6 Å². The summed E-state index contributed by atoms with van der Waals surface area (Å²) in [4.78, 5) is 4.46. The zero-order chi connectivity index (χ0) is 17.0. The summed E-state index contributed by atoms with van der Waals surface area (Å²) in [6, 6.07) is 4.58. The molecule has 1 fully saturated rings. The Morgan fingerprint density at radius 1 is 1.38 bits per heavy atom. The van der Waals surface area contributed by atoms with Gasteiger partial charge in [-0.05, 0) is 42.5 Å². The van der Waals surface area contributed by atoms with E-state index in [0.717, 1.165) is 13.0 Å². The number of aliphatic imine (C=N–C) groups is 1. The zero-order valence-corrected chi connectivity index (χ0v) is 17.3. The molecule has 1 aromatic rings. The van der Waals surface area contributed by atoms with Gasteiger partial charge in [0.25, 0.3) is 0 Å². The van der Waals surface area contributed by atoms with Crippen molar-refractivity contribution in [2.75, 3.05) is 12.8 Å². The Kier molecular flexibility index (Phi) is 7.91. The second-order valence-corrected chi connectivity index (χ2v) is 8.28. The molecule has 2 N–H and O–H groups in total. The van der Waals surface area contributed by atoms with Crippen LogP contribution in [0.15, 0.2) is 23.2 Å². The van der Waals surface area contributed by atoms with E-state index in [2.05, 4.69) is 22.5 Å². The van der Waals surface area contributed by atoms with Gasteiger partial charge in [-0.15, -0.1) is 24.0 Å². The molecule has 0 amide bonds. The summed E-state index contributed by atoms with van der Waals surface area (Å²) in [5, 5.41) is 6.48. The Morgan fingerprint density at radius 3 is 2.58 bits per heavy atom. The molecule has 2 atom stereocenters. The minimum absolute atomic E-state index is 0. The summed E-state index contributed by atoms with van der Waals surface area (Å²) in [5.74, 6) is 0.813. The van der Waals surface area contributed by atoms with E-state index in [9.17, 15) is 12.8 Å². The summed E-state index contributed by atoms with van der Waals surface area (Å²) < 4.78 is 36.5. The van der Waals surface area contributed by atoms with E-state index >= 15 is 0 Å². The Morgan fingerprint density at radius 2 is 2.04 bits per heavy atom. The first-order chi connectivity index (χ1) is 10.8. The van der Waals surface area contributed by atoms with Crippen molar-refractivity contribution in [1.82, 2.24) is 10.6 Å². The number of rotatable bonds is 6. The molecule has 136 valence electrons. The predicted molar refractivity (Wildman–Crippen MR) is 106 cm³/mol. The molecular formula is C16H25FIN3O2S. The molecule has 2 unspecified atom stereocenters. The zero-order valence-electron chi connectivity index (χ0n) is 14.2. The number of sulfone groups is 1. The topological polar surface area (TPSA) is 70.6 Å². The van der Waals surface area contributed by atoms with Crippen molar-refractivity contribution in [3.05, 3.63) is 35.1 Å². The molecule has 2 rings (SSSR count). The third-order valence-corrected chi connectivity index (χ3v) is 4.60. The number of hydrogen-bond donors (Lipinski definition) is 2. The summed E-state index contributed by atoms with van der Waals surface area (Å²) in [5.41, 5.74) is 1.18. The van der Waals surface area contributed by atoms with E-state index in [1.807, 2.05) is 6.92 Å². The van der Waals surface area contributed by atoms with Crippen LogP contribution in [0.4, 0.5) is 4.39 Å². The van der Waals surface area contributed by atoms with Gasteiger partial charge in [0.15, 0.2) is 15.8 Å². The highest BCUT2D eigenvalue weighted by Gasteiger charge is 2.33. The monoisotopic (exact) mass is 469 g/mol. The summed E-state index contributed by atoms with van der Waals surface area (Å²) >= 11 is 0. The molecule has 1 aliphatic carbocycles. The van der Waals surface area contributed by atoms with Gasteiger partial charge in [-0.2, -0.15) is 0 Å². The molecule has 0 aromatic heterocycles. The Balaban J connectivity index is 0.00000288. The van der Waals surface area contributed by atoms with Crippen LogP contribution >= 0.6 is 24.0 Å². The van der Waals surface area contributed by atoms with Gasteiger partial charge >= 0.3 is 0 Å². The Hall–Kier alpha value is -0.900. The number of nitrogens with zero attached hydrogens (tertiary/aromatic N) is 1. The lowest BCUT2D eigenvalue weighted by atomic mass is 10.1. The Bertz CT molecular complexity index is 695. The minimum Gasteiger partial charge on any atom is -0.357 e. The molecule has 0 aliphatic heterocycles. The molecule has 0 saturated heterocycles. The van der Waals surface area contributed by atoms with E-state index in [4.69, 9.17) is 0 Å². The third kappa shape index (κ3) is 6.92. The minimum atomic E-state index is -3.18. The molecule has 0 bridgehead atoms. The fourth-order valence-corrected chi connectivity index (χ4v) is 3.19. The van der Waals surface area contributed by atoms with Crippen LogP contribution in [0.5, 0.6) is 0 Å². The standard InChI is InChI=1S/C16H24FN3O2S.HI/c1-4-18-16(20-15-7-11(15)2)19-9-13-8-14(17)6-5-12(13)10-23(3,21)22;/h5-6,8,11,15H,4,7,9-10H2,1-3H3,(H2,18,19,20);1H. The highest BCUT2D eigenvalue weighted by Crippen LogP contribution is 2.28. The molecule has 1 saturated carbocycles. The number of guanidine groups is 1. The smallest absolute Gasteiger partial charge is 0.191 e. The first-order valence-corrected chi connectivity index (χ1v) is 9.84. The number of benzene rings is 1. The molecule has 0 heterocycles. The molecule has 24 heavy (non-hydrogen) atoms. The second-order valence-electron chi connectivity index (χ2n) is 6.14. The fourth-order valence-electron chi connectivity index (χ4n) is 2.35. The highest BCUT2D eigenvalue weighted by molar-refractivity contribution is 14.0. The summed E-state index contributed by atoms with van der Waals surface area (Å²) in [7, 11) is -3.18. The largest absolute Gasteiger partial charge is 0.357 e. The predicted octanol–water partition coefficient (Wildman–Crippen LogP) is 2.45. The van der Waals surface area contributed by atoms with Crippen LogP contribution in [0.2, 0.25) is 0 Å². The molecular weight excluding hydrogens is 444 g/mol. The van der Waals surface area contributed by atoms with Crippen molar-refractivity contribution in [3.8, 4) is 0 Å². The van der Waals surface area contributed by atoms with E-state index in [-0.39, 0.29) is 42.1 Å². The van der Waals surface area contributed by atoms with Crippen molar-refractivity contribution in [3.63, 3.8) is 0 Å². The summed E-state index contributed by atoms with van der Waals surface area (Å²) in [6.45, 7) is 5.11. The quantitative estimate of drug-likeness (QED) is 0.382. The Labute approximate surface area is 160 Å². The molecule has 1 aliphatic rings. The number of halogens is 2. The van der Waals surface area contributed by atoms with Crippen LogP contribution in [-0.2, 0) is 22.1 Å². The molecule has 0 radical (unpaired) electrons. The van der Waals surface area contributed by atoms with Crippen LogP contribution in [0.1, 0.15) is 31.4 Å². The van der Waals surface area contributed by atoms with Crippen molar-refractivity contribution in [2.24, 2.45) is 10.9 Å². The van der Waals surface area contributed by atoms with Crippen LogP contribution in [0.3, 0.4) is 0 Å². The number of hydrogen-bond acceptors (Lipinski definition) is 3. The van der Waals surface area contributed by atoms with Gasteiger partial charge in [0.05, 0.1) is 12.3 Å². The fraction of sp³-hybridized carbons (Fsp3) is 0.562. The van der Waals surface area contributed by atoms with Gasteiger partial charge < -0.3 is 10.6 Å². The molecule has 0 spiro atoms. The van der Waals surface area contributed by atoms with Gasteiger partial charge in [0.1, 0.15) is 5.82 Å². The first kappa shape index (κ1) is 21.1. The van der Waals surface area contributed by atoms with Crippen LogP contribution in [0, 0.1) is 11.7 Å². The van der Waals surface area contributed by atoms with Gasteiger partial charge in [0.2, 0.25) is 0 Å². The maximum Gasteiger partial charge on any atom is 0.191 e. The van der Waals surface area contributed by atoms with Gasteiger partial charge in [-0.3, -0.25) is 0 Å². The third-order valence-electron chi connectivity index (χ3n) is 3.77. The van der Waals surface area contributed by atoms with Gasteiger partial charge in [0, 0.05) is 18.8 Å². The van der Waals surface area contributed by atoms with E-state index in [0.29, 0.717) is 29.0 Å². The van der Waals surface area contributed by atoms with Crippen LogP contribution in [0.25, 0.3) is 0 Å². The lowest BCUT2D eigenvalue weighted by Crippen LogP contribution is -2.39. The molecule has 5 nitrogen and oxygen atoms in total. The SMILES string of the molecule is CCNC(=NCc1cc(F)ccc1CS(C)(=O)=O)NC1CC1C.I. The van der Waals surface area contributed by atoms with Crippen LogP contribution < -0.4 is 10.6 Å². The van der Waals surface area contributed by atoms with Crippen molar-refractivity contribution in [1.29, 1.82) is 0 Å². The van der Waals surface area contributed by atoms with Gasteiger partial charge in [-0.25, -0.2) is 17.8 Å². The second kappa shape index (κ2) is 8.98. The van der Waals surface area contributed by atoms with E-state index in [1.165, 1.54) is 24.5 Å². The first-order valence-electron chi connectivity index (χ1n) is 7.78. The van der Waals surface area contributed by atoms with Gasteiger partial charge in [-0.1, -0.05) is 13.0 Å². The highest BCUT2D eigenvalue weighted by atomic mass is 127. The number of nitrogens with one attached hydrogen (secondary N) is 2.